The lowest BCUT2D eigenvalue weighted by molar-refractivity contribution is 0.333. The molecular weight excluding hydrogens is 296 g/mol. The Morgan fingerprint density at radius 2 is 2.10 bits per heavy atom. The monoisotopic (exact) mass is 314 g/mol. The van der Waals surface area contributed by atoms with E-state index in [1.165, 1.54) is 31.4 Å². The third kappa shape index (κ3) is 2.67. The van der Waals surface area contributed by atoms with Gasteiger partial charge < -0.3 is 5.73 Å². The molecule has 2 bridgehead atoms. The number of fused-ring (bicyclic) bond motifs is 2. The second-order valence-corrected chi connectivity index (χ2v) is 8.14. The quantitative estimate of drug-likeness (QED) is 0.839. The number of halogens is 1. The zero-order chi connectivity index (χ0) is 14.3. The second-order valence-electron chi connectivity index (χ2n) is 5.97. The molecule has 1 aromatic carbocycles. The molecule has 0 saturated heterocycles. The van der Waals surface area contributed by atoms with E-state index in [1.807, 2.05) is 0 Å². The minimum atomic E-state index is -3.55. The molecule has 0 aliphatic heterocycles. The predicted molar refractivity (Wildman–Crippen MR) is 80.0 cm³/mol. The Labute approximate surface area is 124 Å². The summed E-state index contributed by atoms with van der Waals surface area (Å²) in [7, 11) is -3.55. The average molecular weight is 315 g/mol. The number of rotatable bonds is 4. The van der Waals surface area contributed by atoms with Crippen LogP contribution in [0.5, 0.6) is 0 Å². The van der Waals surface area contributed by atoms with Gasteiger partial charge in [-0.1, -0.05) is 18.0 Å². The molecule has 2 aliphatic carbocycles. The van der Waals surface area contributed by atoms with Crippen LogP contribution in [0.1, 0.15) is 25.7 Å². The third-order valence-corrected chi connectivity index (χ3v) is 6.41. The van der Waals surface area contributed by atoms with E-state index >= 15 is 0 Å². The summed E-state index contributed by atoms with van der Waals surface area (Å²) in [5, 5.41) is 0.439. The molecular formula is C14H19ClN2O2S. The van der Waals surface area contributed by atoms with E-state index in [2.05, 4.69) is 4.72 Å². The molecule has 3 N–H and O–H groups in total. The van der Waals surface area contributed by atoms with E-state index in [0.29, 0.717) is 23.4 Å². The lowest BCUT2D eigenvalue weighted by Crippen LogP contribution is -2.32. The maximum absolute atomic E-state index is 12.3. The predicted octanol–water partition coefficient (Wildman–Crippen LogP) is 2.64. The van der Waals surface area contributed by atoms with Crippen molar-refractivity contribution in [1.82, 2.24) is 4.72 Å². The summed E-state index contributed by atoms with van der Waals surface area (Å²) >= 11 is 5.80. The number of hydrogen-bond donors (Lipinski definition) is 2. The van der Waals surface area contributed by atoms with Crippen LogP contribution in [0.2, 0.25) is 5.02 Å². The highest BCUT2D eigenvalue weighted by atomic mass is 35.5. The molecule has 0 heterocycles. The first-order chi connectivity index (χ1) is 9.45. The van der Waals surface area contributed by atoms with Crippen molar-refractivity contribution in [3.05, 3.63) is 23.2 Å². The standard InChI is InChI=1S/C14H19ClN2O2S/c15-12-3-4-14(13(16)7-12)20(18,19)17-8-11-6-9-1-2-10(11)5-9/h3-4,7,9-11,17H,1-2,5-6,8,16H2. The summed E-state index contributed by atoms with van der Waals surface area (Å²) in [5.74, 6) is 2.00. The van der Waals surface area contributed by atoms with Crippen molar-refractivity contribution < 1.29 is 8.42 Å². The second kappa shape index (κ2) is 5.20. The normalized spacial score (nSPS) is 28.9. The first kappa shape index (κ1) is 14.2. The molecule has 0 spiro atoms. The van der Waals surface area contributed by atoms with Crippen molar-refractivity contribution in [1.29, 1.82) is 0 Å². The largest absolute Gasteiger partial charge is 0.398 e. The molecule has 0 amide bonds. The summed E-state index contributed by atoms with van der Waals surface area (Å²) in [6.45, 7) is 0.519. The molecule has 6 heteroatoms. The molecule has 3 atom stereocenters. The zero-order valence-corrected chi connectivity index (χ0v) is 12.8. The number of hydrogen-bond acceptors (Lipinski definition) is 3. The van der Waals surface area contributed by atoms with Gasteiger partial charge in [-0.25, -0.2) is 13.1 Å². The fraction of sp³-hybridized carbons (Fsp3) is 0.571. The van der Waals surface area contributed by atoms with Crippen molar-refractivity contribution >= 4 is 27.3 Å². The highest BCUT2D eigenvalue weighted by Crippen LogP contribution is 2.48. The number of nitrogens with two attached hydrogens (primary N) is 1. The van der Waals surface area contributed by atoms with Crippen LogP contribution in [0.15, 0.2) is 23.1 Å². The van der Waals surface area contributed by atoms with Gasteiger partial charge in [0.05, 0.1) is 5.69 Å². The van der Waals surface area contributed by atoms with E-state index < -0.39 is 10.0 Å². The molecule has 1 aromatic rings. The van der Waals surface area contributed by atoms with Gasteiger partial charge in [0.1, 0.15) is 4.90 Å². The Kier molecular flexibility index (Phi) is 3.69. The molecule has 3 rings (SSSR count). The minimum absolute atomic E-state index is 0.116. The summed E-state index contributed by atoms with van der Waals surface area (Å²) < 4.78 is 27.3. The fourth-order valence-electron chi connectivity index (χ4n) is 3.69. The Balaban J connectivity index is 1.69. The van der Waals surface area contributed by atoms with E-state index in [0.717, 1.165) is 12.3 Å². The van der Waals surface area contributed by atoms with Crippen molar-refractivity contribution in [2.24, 2.45) is 17.8 Å². The third-order valence-electron chi connectivity index (χ3n) is 4.68. The smallest absolute Gasteiger partial charge is 0.242 e. The van der Waals surface area contributed by atoms with Gasteiger partial charge in [-0.05, 0) is 55.2 Å². The van der Waals surface area contributed by atoms with Crippen LogP contribution in [0.3, 0.4) is 0 Å². The van der Waals surface area contributed by atoms with E-state index in [9.17, 15) is 8.42 Å². The van der Waals surface area contributed by atoms with Gasteiger partial charge in [-0.2, -0.15) is 0 Å². The highest BCUT2D eigenvalue weighted by Gasteiger charge is 2.39. The number of benzene rings is 1. The van der Waals surface area contributed by atoms with Crippen LogP contribution in [0.25, 0.3) is 0 Å². The fourth-order valence-corrected chi connectivity index (χ4v) is 5.07. The molecule has 0 radical (unpaired) electrons. The molecule has 2 aliphatic rings. The van der Waals surface area contributed by atoms with Crippen LogP contribution in [-0.2, 0) is 10.0 Å². The van der Waals surface area contributed by atoms with Gasteiger partial charge in [0, 0.05) is 11.6 Å². The Hall–Kier alpha value is -0.780. The minimum Gasteiger partial charge on any atom is -0.398 e. The number of anilines is 1. The van der Waals surface area contributed by atoms with Crippen LogP contribution in [0, 0.1) is 17.8 Å². The van der Waals surface area contributed by atoms with Crippen LogP contribution in [-0.4, -0.2) is 15.0 Å². The van der Waals surface area contributed by atoms with Gasteiger partial charge in [0.2, 0.25) is 10.0 Å². The lowest BCUT2D eigenvalue weighted by atomic mass is 9.89. The van der Waals surface area contributed by atoms with E-state index in [4.69, 9.17) is 17.3 Å². The SMILES string of the molecule is Nc1cc(Cl)ccc1S(=O)(=O)NCC1CC2CCC1C2. The average Bonchev–Trinajstić information content (AvgIpc) is 2.98. The first-order valence-electron chi connectivity index (χ1n) is 7.00. The van der Waals surface area contributed by atoms with Crippen LogP contribution < -0.4 is 10.5 Å². The molecule has 3 unspecified atom stereocenters. The zero-order valence-electron chi connectivity index (χ0n) is 11.2. The Bertz CT molecular complexity index is 618. The lowest BCUT2D eigenvalue weighted by Gasteiger charge is -2.22. The number of nitrogens with one attached hydrogen (secondary N) is 1. The summed E-state index contributed by atoms with van der Waals surface area (Å²) in [6, 6.07) is 4.47. The van der Waals surface area contributed by atoms with Gasteiger partial charge in [-0.15, -0.1) is 0 Å². The van der Waals surface area contributed by atoms with Gasteiger partial charge in [0.15, 0.2) is 0 Å². The van der Waals surface area contributed by atoms with Crippen molar-refractivity contribution in [3.8, 4) is 0 Å². The van der Waals surface area contributed by atoms with Crippen LogP contribution >= 0.6 is 11.6 Å². The first-order valence-corrected chi connectivity index (χ1v) is 8.86. The van der Waals surface area contributed by atoms with E-state index in [-0.39, 0.29) is 10.6 Å². The summed E-state index contributed by atoms with van der Waals surface area (Å²) in [5.41, 5.74) is 5.94. The van der Waals surface area contributed by atoms with Crippen molar-refractivity contribution in [2.75, 3.05) is 12.3 Å². The van der Waals surface area contributed by atoms with Gasteiger partial charge in [0.25, 0.3) is 0 Å². The molecule has 110 valence electrons. The van der Waals surface area contributed by atoms with Gasteiger partial charge >= 0.3 is 0 Å². The Morgan fingerprint density at radius 1 is 1.30 bits per heavy atom. The maximum Gasteiger partial charge on any atom is 0.242 e. The van der Waals surface area contributed by atoms with E-state index in [1.54, 1.807) is 6.07 Å². The summed E-state index contributed by atoms with van der Waals surface area (Å²) in [6.07, 6.45) is 5.00. The molecule has 2 fully saturated rings. The number of nitrogen functional groups attached to an aromatic ring is 1. The van der Waals surface area contributed by atoms with Gasteiger partial charge in [-0.3, -0.25) is 0 Å². The molecule has 20 heavy (non-hydrogen) atoms. The molecule has 2 saturated carbocycles. The molecule has 0 aromatic heterocycles. The number of sulfonamides is 1. The topological polar surface area (TPSA) is 72.2 Å². The summed E-state index contributed by atoms with van der Waals surface area (Å²) in [4.78, 5) is 0.116. The highest BCUT2D eigenvalue weighted by molar-refractivity contribution is 7.89. The van der Waals surface area contributed by atoms with Crippen molar-refractivity contribution in [3.63, 3.8) is 0 Å². The van der Waals surface area contributed by atoms with Crippen LogP contribution in [0.4, 0.5) is 5.69 Å². The Morgan fingerprint density at radius 3 is 2.70 bits per heavy atom. The maximum atomic E-state index is 12.3. The van der Waals surface area contributed by atoms with Crippen molar-refractivity contribution in [2.45, 2.75) is 30.6 Å². The molecule has 4 nitrogen and oxygen atoms in total.